The summed E-state index contributed by atoms with van der Waals surface area (Å²) in [4.78, 5) is 40.1. The van der Waals surface area contributed by atoms with Gasteiger partial charge < -0.3 is 26.0 Å². The Morgan fingerprint density at radius 1 is 0.933 bits per heavy atom. The maximum Gasteiger partial charge on any atom is 0.490 e. The lowest BCUT2D eigenvalue weighted by Gasteiger charge is -2.18. The van der Waals surface area contributed by atoms with Crippen molar-refractivity contribution in [1.82, 2.24) is 24.8 Å². The van der Waals surface area contributed by atoms with Crippen molar-refractivity contribution < 1.29 is 41.0 Å². The number of urea groups is 1. The molecule has 1 aliphatic heterocycles. The lowest BCUT2D eigenvalue weighted by Crippen LogP contribution is -2.32. The Hall–Kier alpha value is -5.00. The number of thiazole rings is 1. The van der Waals surface area contributed by atoms with Crippen LogP contribution in [0.15, 0.2) is 54.4 Å². The average molecular weight is 655 g/mol. The maximum absolute atomic E-state index is 13.8. The van der Waals surface area contributed by atoms with Crippen LogP contribution in [-0.2, 0) is 11.0 Å². The zero-order valence-corrected chi connectivity index (χ0v) is 24.0. The number of pyridine rings is 1. The third-order valence-electron chi connectivity index (χ3n) is 6.19. The Kier molecular flexibility index (Phi) is 10.1. The molecule has 1 aliphatic rings. The van der Waals surface area contributed by atoms with E-state index in [1.165, 1.54) is 22.9 Å². The van der Waals surface area contributed by atoms with E-state index in [-0.39, 0.29) is 23.4 Å². The number of hydrogen-bond donors (Lipinski definition) is 4. The number of hydrogen-bond acceptors (Lipinski definition) is 9. The van der Waals surface area contributed by atoms with Crippen LogP contribution in [0.1, 0.15) is 24.0 Å². The van der Waals surface area contributed by atoms with E-state index in [1.54, 1.807) is 35.5 Å². The van der Waals surface area contributed by atoms with Crippen molar-refractivity contribution in [1.29, 1.82) is 0 Å². The number of nitrogens with zero attached hydrogens (tertiary/aromatic N) is 5. The van der Waals surface area contributed by atoms with Gasteiger partial charge in [-0.05, 0) is 43.5 Å². The molecule has 0 atom stereocenters. The molecule has 0 saturated carbocycles. The third-order valence-corrected chi connectivity index (χ3v) is 7.01. The fourth-order valence-corrected chi connectivity index (χ4v) is 4.68. The number of amides is 2. The molecular formula is C27H24F6N8O3S. The Balaban J connectivity index is 0.000000591. The summed E-state index contributed by atoms with van der Waals surface area (Å²) >= 11 is 1.21. The number of aliphatic carboxylic acids is 1. The van der Waals surface area contributed by atoms with Crippen molar-refractivity contribution in [3.05, 3.63) is 65.6 Å². The first-order chi connectivity index (χ1) is 21.2. The number of rotatable bonds is 6. The van der Waals surface area contributed by atoms with E-state index in [2.05, 4.69) is 35.9 Å². The van der Waals surface area contributed by atoms with Crippen LogP contribution >= 0.6 is 11.3 Å². The second-order valence-corrected chi connectivity index (χ2v) is 10.3. The van der Waals surface area contributed by atoms with Crippen LogP contribution in [0, 0.1) is 6.92 Å². The van der Waals surface area contributed by atoms with Gasteiger partial charge in [-0.25, -0.2) is 29.5 Å². The van der Waals surface area contributed by atoms with Gasteiger partial charge in [0.25, 0.3) is 0 Å². The lowest BCUT2D eigenvalue weighted by molar-refractivity contribution is -0.192. The molecule has 3 aromatic heterocycles. The topological polar surface area (TPSA) is 145 Å². The van der Waals surface area contributed by atoms with Gasteiger partial charge in [0.1, 0.15) is 10.7 Å². The Bertz CT molecular complexity index is 1640. The number of carbonyl (C=O) groups excluding carboxylic acids is 1. The van der Waals surface area contributed by atoms with Crippen molar-refractivity contribution >= 4 is 52.0 Å². The molecule has 4 N–H and O–H groups in total. The van der Waals surface area contributed by atoms with Gasteiger partial charge in [0.15, 0.2) is 11.6 Å². The quantitative estimate of drug-likeness (QED) is 0.160. The van der Waals surface area contributed by atoms with Crippen LogP contribution < -0.4 is 16.0 Å². The fourth-order valence-electron chi connectivity index (χ4n) is 3.99. The highest BCUT2D eigenvalue weighted by Crippen LogP contribution is 2.39. The number of anilines is 5. The summed E-state index contributed by atoms with van der Waals surface area (Å²) in [6, 6.07) is 8.05. The van der Waals surface area contributed by atoms with Gasteiger partial charge in [0.05, 0.1) is 16.8 Å². The fraction of sp³-hybridized carbons (Fsp3) is 0.259. The first-order valence-electron chi connectivity index (χ1n) is 13.0. The van der Waals surface area contributed by atoms with E-state index in [1.807, 2.05) is 13.0 Å². The number of likely N-dealkylation sites (tertiary alicyclic amines) is 1. The zero-order valence-electron chi connectivity index (χ0n) is 23.2. The minimum absolute atomic E-state index is 0.180. The number of aromatic nitrogens is 4. The number of halogens is 6. The number of aryl methyl sites for hydroxylation is 1. The van der Waals surface area contributed by atoms with Gasteiger partial charge in [0, 0.05) is 49.1 Å². The summed E-state index contributed by atoms with van der Waals surface area (Å²) in [5.74, 6) is -2.03. The molecule has 0 spiro atoms. The summed E-state index contributed by atoms with van der Waals surface area (Å²) in [7, 11) is 0. The van der Waals surface area contributed by atoms with Gasteiger partial charge in [-0.2, -0.15) is 26.3 Å². The van der Waals surface area contributed by atoms with Crippen LogP contribution in [0.3, 0.4) is 0 Å². The Morgan fingerprint density at radius 3 is 2.22 bits per heavy atom. The van der Waals surface area contributed by atoms with Gasteiger partial charge in [-0.3, -0.25) is 0 Å². The highest BCUT2D eigenvalue weighted by atomic mass is 32.1. The number of benzene rings is 1. The number of carboxylic acid groups (broad SMARTS) is 1. The maximum atomic E-state index is 13.8. The van der Waals surface area contributed by atoms with Crippen LogP contribution in [0.5, 0.6) is 0 Å². The summed E-state index contributed by atoms with van der Waals surface area (Å²) < 4.78 is 73.3. The van der Waals surface area contributed by atoms with E-state index >= 15 is 0 Å². The molecule has 238 valence electrons. The molecule has 11 nitrogen and oxygen atoms in total. The smallest absolute Gasteiger partial charge is 0.475 e. The molecule has 0 aliphatic carbocycles. The molecule has 45 heavy (non-hydrogen) atoms. The third kappa shape index (κ3) is 8.78. The molecule has 0 bridgehead atoms. The molecule has 0 radical (unpaired) electrons. The van der Waals surface area contributed by atoms with Crippen LogP contribution in [0.25, 0.3) is 10.7 Å². The van der Waals surface area contributed by atoms with Crippen molar-refractivity contribution in [2.75, 3.05) is 29.0 Å². The molecule has 4 aromatic rings. The normalized spacial score (nSPS) is 13.1. The van der Waals surface area contributed by atoms with Crippen LogP contribution in [0.4, 0.5) is 59.8 Å². The average Bonchev–Trinajstić information content (AvgIpc) is 3.68. The molecule has 2 amide bonds. The lowest BCUT2D eigenvalue weighted by atomic mass is 10.1. The zero-order chi connectivity index (χ0) is 32.8. The SMILES string of the molecule is Cc1ccc(NC(=O)N2CCCC2)cc1Nc1cc(Nc2ncsc2-c2ncccn2)c(C(F)(F)F)cn1.O=C(O)C(F)(F)F. The summed E-state index contributed by atoms with van der Waals surface area (Å²) in [6.07, 6.45) is -3.92. The molecule has 5 rings (SSSR count). The summed E-state index contributed by atoms with van der Waals surface area (Å²) in [6.45, 7) is 3.27. The van der Waals surface area contributed by atoms with Crippen LogP contribution in [0.2, 0.25) is 0 Å². The highest BCUT2D eigenvalue weighted by molar-refractivity contribution is 7.13. The molecule has 1 saturated heterocycles. The number of carbonyl (C=O) groups is 2. The summed E-state index contributed by atoms with van der Waals surface area (Å²) in [5, 5.41) is 15.9. The molecule has 1 aromatic carbocycles. The molecule has 4 heterocycles. The monoisotopic (exact) mass is 654 g/mol. The predicted octanol–water partition coefficient (Wildman–Crippen LogP) is 7.07. The van der Waals surface area contributed by atoms with Crippen molar-refractivity contribution in [2.24, 2.45) is 0 Å². The predicted molar refractivity (Wildman–Crippen MR) is 154 cm³/mol. The van der Waals surface area contributed by atoms with Crippen LogP contribution in [-0.4, -0.2) is 61.2 Å². The number of nitrogens with one attached hydrogen (secondary N) is 3. The number of carboxylic acids is 1. The molecule has 0 unspecified atom stereocenters. The van der Waals surface area contributed by atoms with Gasteiger partial charge in [-0.15, -0.1) is 11.3 Å². The Morgan fingerprint density at radius 2 is 1.60 bits per heavy atom. The van der Waals surface area contributed by atoms with Crippen molar-refractivity contribution in [3.63, 3.8) is 0 Å². The van der Waals surface area contributed by atoms with Gasteiger partial charge in [0.2, 0.25) is 0 Å². The van der Waals surface area contributed by atoms with Crippen molar-refractivity contribution in [2.45, 2.75) is 32.1 Å². The van der Waals surface area contributed by atoms with E-state index in [4.69, 9.17) is 9.90 Å². The minimum atomic E-state index is -5.08. The van der Waals surface area contributed by atoms with E-state index in [9.17, 15) is 31.1 Å². The van der Waals surface area contributed by atoms with E-state index in [0.29, 0.717) is 35.2 Å². The Labute approximate surface area is 255 Å². The van der Waals surface area contributed by atoms with Gasteiger partial charge >= 0.3 is 24.4 Å². The second-order valence-electron chi connectivity index (χ2n) is 9.42. The highest BCUT2D eigenvalue weighted by Gasteiger charge is 2.38. The molecular weight excluding hydrogens is 630 g/mol. The minimum Gasteiger partial charge on any atom is -0.475 e. The first-order valence-corrected chi connectivity index (χ1v) is 13.9. The summed E-state index contributed by atoms with van der Waals surface area (Å²) in [5.41, 5.74) is 2.31. The number of alkyl halides is 6. The molecule has 1 fully saturated rings. The molecule has 18 heteroatoms. The standard InChI is InChI=1S/C25H23F3N8OS.C2HF3O2/c1-15-5-6-16(33-24(37)36-9-2-3-10-36)11-18(15)34-20-12-19(17(13-31-20)25(26,27)28)35-23-21(38-14-32-23)22-29-7-4-8-30-22;3-2(4,5)1(6)7/h4-8,11-14H,2-3,9-10H2,1H3,(H,33,37)(H2,31,34,35);(H,6,7). The van der Waals surface area contributed by atoms with E-state index in [0.717, 1.165) is 24.6 Å². The van der Waals surface area contributed by atoms with Crippen molar-refractivity contribution in [3.8, 4) is 10.7 Å². The largest absolute Gasteiger partial charge is 0.490 e. The first kappa shape index (κ1) is 32.9. The second kappa shape index (κ2) is 13.7. The van der Waals surface area contributed by atoms with E-state index < -0.39 is 23.9 Å². The van der Waals surface area contributed by atoms with Gasteiger partial charge in [-0.1, -0.05) is 6.07 Å².